The van der Waals surface area contributed by atoms with Gasteiger partial charge in [-0.25, -0.2) is 0 Å². The molecule has 1 atom stereocenters. The lowest BCUT2D eigenvalue weighted by molar-refractivity contribution is 0.401. The van der Waals surface area contributed by atoms with E-state index in [4.69, 9.17) is 22.1 Å². The van der Waals surface area contributed by atoms with E-state index in [1.165, 1.54) is 0 Å². The van der Waals surface area contributed by atoms with Crippen LogP contribution < -0.4 is 10.5 Å². The van der Waals surface area contributed by atoms with E-state index in [1.54, 1.807) is 25.7 Å². The minimum absolute atomic E-state index is 0.186. The van der Waals surface area contributed by atoms with Crippen LogP contribution >= 0.6 is 11.6 Å². The largest absolute Gasteiger partial charge is 0.493 e. The first-order valence-corrected chi connectivity index (χ1v) is 6.40. The van der Waals surface area contributed by atoms with Crippen molar-refractivity contribution in [3.05, 3.63) is 40.9 Å². The molecule has 0 amide bonds. The predicted molar refractivity (Wildman–Crippen MR) is 74.4 cm³/mol. The highest BCUT2D eigenvalue weighted by atomic mass is 35.5. The number of rotatable bonds is 4. The first kappa shape index (κ1) is 13.8. The lowest BCUT2D eigenvalue weighted by atomic mass is 10.1. The Bertz CT molecular complexity index is 568. The lowest BCUT2D eigenvalue weighted by Crippen LogP contribution is -2.20. The molecule has 19 heavy (non-hydrogen) atoms. The highest BCUT2D eigenvalue weighted by Crippen LogP contribution is 2.32. The third-order valence-electron chi connectivity index (χ3n) is 2.94. The Morgan fingerprint density at radius 2 is 2.11 bits per heavy atom. The van der Waals surface area contributed by atoms with Crippen molar-refractivity contribution in [3.8, 4) is 5.75 Å². The summed E-state index contributed by atoms with van der Waals surface area (Å²) in [6.07, 6.45) is 4.92. The van der Waals surface area contributed by atoms with E-state index in [9.17, 15) is 0 Å². The zero-order valence-electron chi connectivity index (χ0n) is 11.2. The average Bonchev–Trinajstić information content (AvgIpc) is 2.82. The standard InChI is InChI=1S/C13H17ClN4O/c1-8(2)18-13(11(19-3)7-17-18)12(15)9-4-5-16-6-10(9)14/h4-8,12H,15H2,1-3H3. The molecule has 2 heterocycles. The summed E-state index contributed by atoms with van der Waals surface area (Å²) in [5.41, 5.74) is 7.94. The average molecular weight is 281 g/mol. The Morgan fingerprint density at radius 3 is 2.68 bits per heavy atom. The van der Waals surface area contributed by atoms with Crippen LogP contribution in [0.4, 0.5) is 0 Å². The molecule has 102 valence electrons. The monoisotopic (exact) mass is 280 g/mol. The maximum absolute atomic E-state index is 6.32. The molecular weight excluding hydrogens is 264 g/mol. The van der Waals surface area contributed by atoms with E-state index in [1.807, 2.05) is 24.6 Å². The number of halogens is 1. The van der Waals surface area contributed by atoms with E-state index in [2.05, 4.69) is 10.1 Å². The van der Waals surface area contributed by atoms with Gasteiger partial charge in [-0.2, -0.15) is 5.10 Å². The second kappa shape index (κ2) is 5.59. The number of methoxy groups -OCH3 is 1. The molecule has 0 aliphatic heterocycles. The van der Waals surface area contributed by atoms with Crippen LogP contribution in [0.5, 0.6) is 5.75 Å². The van der Waals surface area contributed by atoms with Gasteiger partial charge < -0.3 is 10.5 Å². The van der Waals surface area contributed by atoms with Crippen molar-refractivity contribution in [2.75, 3.05) is 7.11 Å². The molecule has 5 nitrogen and oxygen atoms in total. The van der Waals surface area contributed by atoms with Crippen molar-refractivity contribution in [3.63, 3.8) is 0 Å². The smallest absolute Gasteiger partial charge is 0.161 e. The fraction of sp³-hybridized carbons (Fsp3) is 0.385. The molecule has 2 aromatic heterocycles. The number of nitrogens with two attached hydrogens (primary N) is 1. The fourth-order valence-corrected chi connectivity index (χ4v) is 2.24. The third-order valence-corrected chi connectivity index (χ3v) is 3.26. The van der Waals surface area contributed by atoms with E-state index >= 15 is 0 Å². The van der Waals surface area contributed by atoms with Crippen LogP contribution in [0.15, 0.2) is 24.7 Å². The van der Waals surface area contributed by atoms with Gasteiger partial charge in [0.2, 0.25) is 0 Å². The normalized spacial score (nSPS) is 12.7. The molecule has 0 radical (unpaired) electrons. The Labute approximate surface area is 117 Å². The molecule has 2 aromatic rings. The van der Waals surface area contributed by atoms with Crippen molar-refractivity contribution < 1.29 is 4.74 Å². The minimum atomic E-state index is -0.407. The second-order valence-corrected chi connectivity index (χ2v) is 4.92. The number of aromatic nitrogens is 3. The van der Waals surface area contributed by atoms with Gasteiger partial charge in [-0.05, 0) is 25.5 Å². The second-order valence-electron chi connectivity index (χ2n) is 4.51. The number of nitrogens with zero attached hydrogens (tertiary/aromatic N) is 3. The van der Waals surface area contributed by atoms with E-state index in [0.29, 0.717) is 10.8 Å². The van der Waals surface area contributed by atoms with Crippen molar-refractivity contribution in [1.29, 1.82) is 0 Å². The van der Waals surface area contributed by atoms with Crippen LogP contribution in [0, 0.1) is 0 Å². The van der Waals surface area contributed by atoms with E-state index in [0.717, 1.165) is 11.3 Å². The quantitative estimate of drug-likeness (QED) is 0.935. The maximum Gasteiger partial charge on any atom is 0.161 e. The summed E-state index contributed by atoms with van der Waals surface area (Å²) in [7, 11) is 1.60. The van der Waals surface area contributed by atoms with Gasteiger partial charge in [0, 0.05) is 18.4 Å². The van der Waals surface area contributed by atoms with Crippen molar-refractivity contribution in [2.24, 2.45) is 5.73 Å². The van der Waals surface area contributed by atoms with Crippen LogP contribution in [0.3, 0.4) is 0 Å². The highest BCUT2D eigenvalue weighted by Gasteiger charge is 2.23. The Balaban J connectivity index is 2.52. The molecule has 0 saturated carbocycles. The summed E-state index contributed by atoms with van der Waals surface area (Å²) in [6, 6.07) is 1.59. The van der Waals surface area contributed by atoms with Gasteiger partial charge in [-0.1, -0.05) is 11.6 Å². The Hall–Kier alpha value is -1.59. The zero-order chi connectivity index (χ0) is 14.0. The third kappa shape index (κ3) is 2.57. The minimum Gasteiger partial charge on any atom is -0.493 e. The molecule has 1 unspecified atom stereocenters. The van der Waals surface area contributed by atoms with Crippen LogP contribution in [-0.2, 0) is 0 Å². The number of pyridine rings is 1. The van der Waals surface area contributed by atoms with Gasteiger partial charge in [-0.15, -0.1) is 0 Å². The summed E-state index contributed by atoms with van der Waals surface area (Å²) < 4.78 is 7.18. The van der Waals surface area contributed by atoms with Gasteiger partial charge in [-0.3, -0.25) is 9.67 Å². The number of ether oxygens (including phenoxy) is 1. The molecule has 6 heteroatoms. The molecule has 0 aliphatic carbocycles. The fourth-order valence-electron chi connectivity index (χ4n) is 2.01. The topological polar surface area (TPSA) is 66.0 Å². The van der Waals surface area contributed by atoms with E-state index < -0.39 is 6.04 Å². The molecule has 0 saturated heterocycles. The zero-order valence-corrected chi connectivity index (χ0v) is 11.9. The molecule has 0 aliphatic rings. The molecule has 2 rings (SSSR count). The summed E-state index contributed by atoms with van der Waals surface area (Å²) in [5.74, 6) is 0.661. The number of hydrogen-bond donors (Lipinski definition) is 1. The Kier molecular flexibility index (Phi) is 4.07. The summed E-state index contributed by atoms with van der Waals surface area (Å²) in [5, 5.41) is 4.85. The van der Waals surface area contributed by atoms with Crippen molar-refractivity contribution in [1.82, 2.24) is 14.8 Å². The number of hydrogen-bond acceptors (Lipinski definition) is 4. The summed E-state index contributed by atoms with van der Waals surface area (Å²) in [6.45, 7) is 4.08. The van der Waals surface area contributed by atoms with Gasteiger partial charge >= 0.3 is 0 Å². The molecule has 0 bridgehead atoms. The lowest BCUT2D eigenvalue weighted by Gasteiger charge is -2.19. The predicted octanol–water partition coefficient (Wildman–Crippen LogP) is 2.57. The highest BCUT2D eigenvalue weighted by molar-refractivity contribution is 6.31. The van der Waals surface area contributed by atoms with Crippen LogP contribution in [0.25, 0.3) is 0 Å². The first-order chi connectivity index (χ1) is 9.06. The summed E-state index contributed by atoms with van der Waals surface area (Å²) in [4.78, 5) is 3.97. The van der Waals surface area contributed by atoms with Crippen LogP contribution in [-0.4, -0.2) is 21.9 Å². The summed E-state index contributed by atoms with van der Waals surface area (Å²) >= 11 is 6.15. The SMILES string of the molecule is COc1cnn(C(C)C)c1C(N)c1ccncc1Cl. The van der Waals surface area contributed by atoms with E-state index in [-0.39, 0.29) is 6.04 Å². The van der Waals surface area contributed by atoms with Crippen LogP contribution in [0.1, 0.15) is 37.2 Å². The van der Waals surface area contributed by atoms with Gasteiger partial charge in [0.05, 0.1) is 24.4 Å². The van der Waals surface area contributed by atoms with Gasteiger partial charge in [0.1, 0.15) is 5.69 Å². The Morgan fingerprint density at radius 1 is 1.37 bits per heavy atom. The van der Waals surface area contributed by atoms with Crippen molar-refractivity contribution in [2.45, 2.75) is 25.9 Å². The van der Waals surface area contributed by atoms with Crippen LogP contribution in [0.2, 0.25) is 5.02 Å². The van der Waals surface area contributed by atoms with Gasteiger partial charge in [0.15, 0.2) is 5.75 Å². The van der Waals surface area contributed by atoms with Gasteiger partial charge in [0.25, 0.3) is 0 Å². The maximum atomic E-state index is 6.32. The molecular formula is C13H17ClN4O. The molecule has 0 fully saturated rings. The molecule has 0 spiro atoms. The molecule has 2 N–H and O–H groups in total. The molecule has 0 aromatic carbocycles. The first-order valence-electron chi connectivity index (χ1n) is 6.02. The van der Waals surface area contributed by atoms with Crippen molar-refractivity contribution >= 4 is 11.6 Å².